The summed E-state index contributed by atoms with van der Waals surface area (Å²) in [7, 11) is 7.31. The quantitative estimate of drug-likeness (QED) is 0.628. The minimum Gasteiger partial charge on any atom is -0.497 e. The van der Waals surface area contributed by atoms with Crippen LogP contribution in [0.25, 0.3) is 0 Å². The first-order valence-corrected chi connectivity index (χ1v) is 9.13. The molecule has 2 rings (SSSR count). The highest BCUT2D eigenvalue weighted by atomic mass is 79.9. The highest BCUT2D eigenvalue weighted by Gasteiger charge is 2.15. The first-order chi connectivity index (χ1) is 12.5. The number of benzene rings is 2. The molecule has 2 aromatic rings. The number of halogens is 1. The van der Waals surface area contributed by atoms with E-state index < -0.39 is 0 Å². The van der Waals surface area contributed by atoms with Crippen molar-refractivity contribution >= 4 is 21.7 Å². The summed E-state index contributed by atoms with van der Waals surface area (Å²) >= 11 is 3.41. The summed E-state index contributed by atoms with van der Waals surface area (Å²) in [5.41, 5.74) is 1.82. The normalized spacial score (nSPS) is 12.1. The van der Waals surface area contributed by atoms with Crippen LogP contribution in [0.4, 0.5) is 0 Å². The van der Waals surface area contributed by atoms with E-state index in [2.05, 4.69) is 26.1 Å². The van der Waals surface area contributed by atoms with E-state index in [1.165, 1.54) is 5.56 Å². The van der Waals surface area contributed by atoms with Gasteiger partial charge in [0.1, 0.15) is 11.5 Å². The second-order valence-electron chi connectivity index (χ2n) is 6.16. The minimum absolute atomic E-state index is 0.0422. The lowest BCUT2D eigenvalue weighted by Gasteiger charge is -2.25. The molecule has 0 aliphatic rings. The molecule has 26 heavy (non-hydrogen) atoms. The fourth-order valence-corrected chi connectivity index (χ4v) is 3.23. The predicted octanol–water partition coefficient (Wildman–Crippen LogP) is 3.54. The molecule has 1 unspecified atom stereocenters. The van der Waals surface area contributed by atoms with Gasteiger partial charge in [-0.15, -0.1) is 0 Å². The van der Waals surface area contributed by atoms with Crippen LogP contribution in [-0.2, 0) is 0 Å². The van der Waals surface area contributed by atoms with E-state index in [0.29, 0.717) is 17.9 Å². The van der Waals surface area contributed by atoms with Crippen molar-refractivity contribution in [3.05, 3.63) is 58.1 Å². The summed E-state index contributed by atoms with van der Waals surface area (Å²) in [6.07, 6.45) is 0. The van der Waals surface area contributed by atoms with Gasteiger partial charge in [0, 0.05) is 18.2 Å². The van der Waals surface area contributed by atoms with Crippen molar-refractivity contribution < 1.29 is 14.3 Å². The highest BCUT2D eigenvalue weighted by Crippen LogP contribution is 2.25. The number of methoxy groups -OCH3 is 2. The van der Waals surface area contributed by atoms with E-state index in [1.54, 1.807) is 32.4 Å². The molecule has 0 aliphatic heterocycles. The van der Waals surface area contributed by atoms with Crippen molar-refractivity contribution in [2.45, 2.75) is 6.04 Å². The summed E-state index contributed by atoms with van der Waals surface area (Å²) in [5, 5.41) is 3.27. The maximum atomic E-state index is 12.4. The van der Waals surface area contributed by atoms with Gasteiger partial charge in [-0.1, -0.05) is 12.1 Å². The van der Waals surface area contributed by atoms with Crippen LogP contribution >= 0.6 is 15.9 Å². The molecule has 1 N–H and O–H groups in total. The number of nitrogens with one attached hydrogen (secondary N) is 1. The molecule has 2 aromatic carbocycles. The molecule has 0 saturated heterocycles. The SMILES string of the molecule is COc1ccc(C(CNCC(=O)c2ccc(OC)c(Br)c2)N(C)C)cc1. The van der Waals surface area contributed by atoms with Crippen LogP contribution in [0, 0.1) is 0 Å². The Labute approximate surface area is 163 Å². The number of carbonyl (C=O) groups excluding carboxylic acids is 1. The van der Waals surface area contributed by atoms with Crippen LogP contribution in [0.2, 0.25) is 0 Å². The van der Waals surface area contributed by atoms with Gasteiger partial charge in [0.25, 0.3) is 0 Å². The molecule has 0 aromatic heterocycles. The molecule has 1 atom stereocenters. The Morgan fingerprint density at radius 2 is 1.81 bits per heavy atom. The van der Waals surface area contributed by atoms with Crippen LogP contribution in [0.15, 0.2) is 46.9 Å². The number of rotatable bonds is 9. The number of ether oxygens (including phenoxy) is 2. The van der Waals surface area contributed by atoms with Crippen LogP contribution in [0.3, 0.4) is 0 Å². The monoisotopic (exact) mass is 420 g/mol. The lowest BCUT2D eigenvalue weighted by atomic mass is 10.1. The van der Waals surface area contributed by atoms with Gasteiger partial charge >= 0.3 is 0 Å². The van der Waals surface area contributed by atoms with Gasteiger partial charge in [0.05, 0.1) is 25.2 Å². The van der Waals surface area contributed by atoms with Crippen molar-refractivity contribution in [1.29, 1.82) is 0 Å². The van der Waals surface area contributed by atoms with Crippen LogP contribution < -0.4 is 14.8 Å². The van der Waals surface area contributed by atoms with Gasteiger partial charge in [-0.05, 0) is 65.9 Å². The van der Waals surface area contributed by atoms with Gasteiger partial charge in [0.15, 0.2) is 5.78 Å². The Kier molecular flexibility index (Phi) is 7.63. The molecular formula is C20H25BrN2O3. The molecule has 6 heteroatoms. The highest BCUT2D eigenvalue weighted by molar-refractivity contribution is 9.10. The van der Waals surface area contributed by atoms with E-state index >= 15 is 0 Å². The Hall–Kier alpha value is -1.89. The summed E-state index contributed by atoms with van der Waals surface area (Å²) in [4.78, 5) is 14.5. The first kappa shape index (κ1) is 20.4. The zero-order valence-electron chi connectivity index (χ0n) is 15.6. The number of hydrogen-bond acceptors (Lipinski definition) is 5. The lowest BCUT2D eigenvalue weighted by Crippen LogP contribution is -2.33. The molecule has 0 fully saturated rings. The maximum Gasteiger partial charge on any atom is 0.176 e. The second-order valence-corrected chi connectivity index (χ2v) is 7.01. The molecule has 0 saturated carbocycles. The van der Waals surface area contributed by atoms with E-state index in [1.807, 2.05) is 38.4 Å². The topological polar surface area (TPSA) is 50.8 Å². The van der Waals surface area contributed by atoms with E-state index in [4.69, 9.17) is 9.47 Å². The van der Waals surface area contributed by atoms with Crippen LogP contribution in [0.5, 0.6) is 11.5 Å². The molecule has 0 amide bonds. The zero-order chi connectivity index (χ0) is 19.1. The maximum absolute atomic E-state index is 12.4. The Bertz CT molecular complexity index is 732. The van der Waals surface area contributed by atoms with Gasteiger partial charge < -0.3 is 19.7 Å². The van der Waals surface area contributed by atoms with E-state index in [9.17, 15) is 4.79 Å². The minimum atomic E-state index is 0.0422. The number of nitrogens with zero attached hydrogens (tertiary/aromatic N) is 1. The largest absolute Gasteiger partial charge is 0.497 e. The fraction of sp³-hybridized carbons (Fsp3) is 0.350. The molecule has 0 bridgehead atoms. The summed E-state index contributed by atoms with van der Waals surface area (Å²) < 4.78 is 11.2. The third-order valence-corrected chi connectivity index (χ3v) is 4.84. The number of likely N-dealkylation sites (N-methyl/N-ethyl adjacent to an activating group) is 1. The molecule has 140 valence electrons. The molecule has 0 aliphatic carbocycles. The fourth-order valence-electron chi connectivity index (χ4n) is 2.69. The van der Waals surface area contributed by atoms with Crippen LogP contribution in [-0.4, -0.2) is 52.1 Å². The van der Waals surface area contributed by atoms with Gasteiger partial charge in [-0.2, -0.15) is 0 Å². The van der Waals surface area contributed by atoms with Crippen molar-refractivity contribution in [1.82, 2.24) is 10.2 Å². The smallest absolute Gasteiger partial charge is 0.176 e. The second kappa shape index (κ2) is 9.71. The average Bonchev–Trinajstić information content (AvgIpc) is 2.64. The zero-order valence-corrected chi connectivity index (χ0v) is 17.2. The molecule has 0 radical (unpaired) electrons. The number of carbonyl (C=O) groups is 1. The van der Waals surface area contributed by atoms with Gasteiger partial charge in [-0.25, -0.2) is 0 Å². The first-order valence-electron chi connectivity index (χ1n) is 8.34. The van der Waals surface area contributed by atoms with E-state index in [-0.39, 0.29) is 18.4 Å². The summed E-state index contributed by atoms with van der Waals surface area (Å²) in [6, 6.07) is 13.5. The van der Waals surface area contributed by atoms with Gasteiger partial charge in [0.2, 0.25) is 0 Å². The standard InChI is InChI=1S/C20H25BrN2O3/c1-23(2)18(14-5-8-16(25-3)9-6-14)12-22-13-19(24)15-7-10-20(26-4)17(21)11-15/h5-11,18,22H,12-13H2,1-4H3. The Morgan fingerprint density at radius 1 is 1.12 bits per heavy atom. The number of ketones is 1. The van der Waals surface area contributed by atoms with Crippen LogP contribution in [0.1, 0.15) is 22.0 Å². The van der Waals surface area contributed by atoms with Crippen molar-refractivity contribution in [3.8, 4) is 11.5 Å². The summed E-state index contributed by atoms with van der Waals surface area (Å²) in [5.74, 6) is 1.58. The lowest BCUT2D eigenvalue weighted by molar-refractivity contribution is 0.0988. The summed E-state index contributed by atoms with van der Waals surface area (Å²) in [6.45, 7) is 0.946. The van der Waals surface area contributed by atoms with Crippen molar-refractivity contribution in [2.24, 2.45) is 0 Å². The number of hydrogen-bond donors (Lipinski definition) is 1. The Morgan fingerprint density at radius 3 is 2.35 bits per heavy atom. The molecule has 0 heterocycles. The third-order valence-electron chi connectivity index (χ3n) is 4.22. The Balaban J connectivity index is 1.96. The number of Topliss-reactive ketones (excluding diaryl/α,β-unsaturated/α-hetero) is 1. The van der Waals surface area contributed by atoms with Crippen molar-refractivity contribution in [2.75, 3.05) is 41.4 Å². The van der Waals surface area contributed by atoms with Crippen molar-refractivity contribution in [3.63, 3.8) is 0 Å². The molecule has 5 nitrogen and oxygen atoms in total. The molecule has 0 spiro atoms. The van der Waals surface area contributed by atoms with Gasteiger partial charge in [-0.3, -0.25) is 4.79 Å². The predicted molar refractivity (Wildman–Crippen MR) is 107 cm³/mol. The average molecular weight is 421 g/mol. The molecular weight excluding hydrogens is 396 g/mol. The third kappa shape index (κ3) is 5.30. The van der Waals surface area contributed by atoms with E-state index in [0.717, 1.165) is 10.2 Å².